The van der Waals surface area contributed by atoms with E-state index in [1.165, 1.54) is 11.0 Å². The molecule has 0 aliphatic rings. The van der Waals surface area contributed by atoms with E-state index in [1.54, 1.807) is 36.2 Å². The molecule has 2 heterocycles. The largest absolute Gasteiger partial charge is 0.382 e. The van der Waals surface area contributed by atoms with E-state index in [2.05, 4.69) is 46.4 Å². The van der Waals surface area contributed by atoms with E-state index in [9.17, 15) is 4.39 Å². The van der Waals surface area contributed by atoms with Gasteiger partial charge in [0.05, 0.1) is 11.9 Å². The number of hydrogen-bond donors (Lipinski definition) is 4. The van der Waals surface area contributed by atoms with Gasteiger partial charge >= 0.3 is 0 Å². The molecule has 174 valence electrons. The van der Waals surface area contributed by atoms with E-state index >= 15 is 0 Å². The fourth-order valence-corrected chi connectivity index (χ4v) is 4.10. The third kappa shape index (κ3) is 5.34. The lowest BCUT2D eigenvalue weighted by Gasteiger charge is -2.07. The number of halogens is 1. The first-order valence-electron chi connectivity index (χ1n) is 10.5. The summed E-state index contributed by atoms with van der Waals surface area (Å²) < 4.78 is 19.9. The van der Waals surface area contributed by atoms with Gasteiger partial charge in [0.15, 0.2) is 23.2 Å². The Morgan fingerprint density at radius 3 is 2.53 bits per heavy atom. The Morgan fingerprint density at radius 2 is 1.85 bits per heavy atom. The van der Waals surface area contributed by atoms with Crippen LogP contribution in [-0.4, -0.2) is 26.3 Å². The van der Waals surface area contributed by atoms with Gasteiger partial charge in [-0.2, -0.15) is 0 Å². The van der Waals surface area contributed by atoms with Crippen molar-refractivity contribution >= 4 is 23.5 Å². The number of benzene rings is 2. The number of guanidine groups is 1. The summed E-state index contributed by atoms with van der Waals surface area (Å²) in [4.78, 5) is 10.1. The van der Waals surface area contributed by atoms with Crippen LogP contribution >= 0.6 is 11.8 Å². The summed E-state index contributed by atoms with van der Waals surface area (Å²) in [5.74, 6) is -0.140. The van der Waals surface area contributed by atoms with Gasteiger partial charge in [-0.05, 0) is 18.2 Å². The van der Waals surface area contributed by atoms with Crippen LogP contribution in [0.4, 0.5) is 10.2 Å². The zero-order valence-corrected chi connectivity index (χ0v) is 19.5. The van der Waals surface area contributed by atoms with Gasteiger partial charge in [-0.15, -0.1) is 11.8 Å². The molecule has 0 spiro atoms. The Hall–Kier alpha value is -3.92. The summed E-state index contributed by atoms with van der Waals surface area (Å²) in [6.07, 6.45) is 1.61. The van der Waals surface area contributed by atoms with Crippen molar-refractivity contribution in [2.24, 2.45) is 5.73 Å². The minimum absolute atomic E-state index is 0.113. The predicted octanol–water partition coefficient (Wildman–Crippen LogP) is 4.67. The lowest BCUT2D eigenvalue weighted by Crippen LogP contribution is -2.29. The first-order chi connectivity index (χ1) is 16.3. The number of anilines is 1. The normalized spacial score (nSPS) is 11.1. The minimum Gasteiger partial charge on any atom is -0.382 e. The molecule has 0 unspecified atom stereocenters. The number of nitrogens with two attached hydrogens (primary N) is 2. The van der Waals surface area contributed by atoms with Gasteiger partial charge in [0.1, 0.15) is 11.5 Å². The van der Waals surface area contributed by atoms with Crippen LogP contribution in [0.15, 0.2) is 64.1 Å². The molecule has 2 aromatic carbocycles. The molecule has 34 heavy (non-hydrogen) atoms. The average Bonchev–Trinajstić information content (AvgIpc) is 3.29. The summed E-state index contributed by atoms with van der Waals surface area (Å²) >= 11 is 1.79. The molecule has 0 amide bonds. The molecule has 8 nitrogen and oxygen atoms in total. The van der Waals surface area contributed by atoms with E-state index in [-0.39, 0.29) is 18.3 Å². The Kier molecular flexibility index (Phi) is 6.78. The first kappa shape index (κ1) is 23.2. The van der Waals surface area contributed by atoms with Gasteiger partial charge in [0, 0.05) is 39.4 Å². The molecule has 0 fully saturated rings. The van der Waals surface area contributed by atoms with Crippen molar-refractivity contribution in [3.8, 4) is 34.0 Å². The lowest BCUT2D eigenvalue weighted by atomic mass is 10.1. The monoisotopic (exact) mass is 477 g/mol. The van der Waals surface area contributed by atoms with Crippen LogP contribution in [0.25, 0.3) is 34.0 Å². The topological polar surface area (TPSA) is 140 Å². The van der Waals surface area contributed by atoms with E-state index in [0.717, 1.165) is 5.56 Å². The third-order valence-electron chi connectivity index (χ3n) is 4.88. The van der Waals surface area contributed by atoms with Crippen molar-refractivity contribution in [3.63, 3.8) is 0 Å². The molecule has 0 aliphatic carbocycles. The van der Waals surface area contributed by atoms with E-state index in [0.29, 0.717) is 39.2 Å². The van der Waals surface area contributed by atoms with E-state index in [1.807, 2.05) is 12.1 Å². The number of hydrogen-bond acceptors (Lipinski definition) is 7. The first-order valence-corrected chi connectivity index (χ1v) is 11.4. The molecule has 0 bridgehead atoms. The van der Waals surface area contributed by atoms with Crippen molar-refractivity contribution < 1.29 is 8.91 Å². The fraction of sp³-hybridized carbons (Fsp3) is 0.167. The van der Waals surface area contributed by atoms with Gasteiger partial charge in [-0.1, -0.05) is 43.3 Å². The standard InChI is InChI=1S/C24H24FN7OS/c1-13(2)34-17-7-5-14(6-8-17)20-12-29-23(26)22(31-20)21-10-19(32-33-21)15-3-4-16(18(25)9-15)11-30-24(27)28/h3-10,12-13H,11H2,1-2H3,(H2,26,29)(H4,27,28,30). The van der Waals surface area contributed by atoms with E-state index < -0.39 is 5.82 Å². The predicted molar refractivity (Wildman–Crippen MR) is 133 cm³/mol. The van der Waals surface area contributed by atoms with Crippen molar-refractivity contribution in [1.29, 1.82) is 5.41 Å². The van der Waals surface area contributed by atoms with Crippen LogP contribution in [0.2, 0.25) is 0 Å². The number of thioether (sulfide) groups is 1. The van der Waals surface area contributed by atoms with Crippen LogP contribution in [0.1, 0.15) is 19.4 Å². The third-order valence-corrected chi connectivity index (χ3v) is 5.90. The van der Waals surface area contributed by atoms with Crippen LogP contribution in [0.5, 0.6) is 0 Å². The molecule has 0 saturated carbocycles. The molecule has 6 N–H and O–H groups in total. The van der Waals surface area contributed by atoms with Gasteiger partial charge in [0.2, 0.25) is 0 Å². The van der Waals surface area contributed by atoms with Crippen molar-refractivity contribution in [2.45, 2.75) is 30.5 Å². The van der Waals surface area contributed by atoms with E-state index in [4.69, 9.17) is 21.4 Å². The maximum atomic E-state index is 14.5. The molecule has 4 rings (SSSR count). The maximum Gasteiger partial charge on any atom is 0.189 e. The SMILES string of the molecule is CC(C)Sc1ccc(-c2cnc(N)c(-c3cc(-c4ccc(CNC(=N)N)c(F)c4)no3)n2)cc1. The van der Waals surface area contributed by atoms with Gasteiger partial charge in [-0.3, -0.25) is 5.41 Å². The smallest absolute Gasteiger partial charge is 0.189 e. The molecule has 0 saturated heterocycles. The number of rotatable bonds is 7. The zero-order valence-electron chi connectivity index (χ0n) is 18.7. The number of nitrogens with one attached hydrogen (secondary N) is 2. The maximum absolute atomic E-state index is 14.5. The highest BCUT2D eigenvalue weighted by Crippen LogP contribution is 2.31. The van der Waals surface area contributed by atoms with Crippen molar-refractivity contribution in [3.05, 3.63) is 66.1 Å². The second-order valence-electron chi connectivity index (χ2n) is 7.83. The van der Waals surface area contributed by atoms with Crippen molar-refractivity contribution in [2.75, 3.05) is 5.73 Å². The van der Waals surface area contributed by atoms with Crippen LogP contribution in [0.3, 0.4) is 0 Å². The Bertz CT molecular complexity index is 1320. The number of aromatic nitrogens is 3. The highest BCUT2D eigenvalue weighted by Gasteiger charge is 2.16. The highest BCUT2D eigenvalue weighted by atomic mass is 32.2. The summed E-state index contributed by atoms with van der Waals surface area (Å²) in [6, 6.07) is 14.4. The Balaban J connectivity index is 1.59. The Labute approximate surface area is 200 Å². The molecule has 2 aromatic heterocycles. The van der Waals surface area contributed by atoms with Crippen LogP contribution in [0, 0.1) is 11.2 Å². The molecule has 4 aromatic rings. The summed E-state index contributed by atoms with van der Waals surface area (Å²) in [5, 5.41) is 14.3. The lowest BCUT2D eigenvalue weighted by molar-refractivity contribution is 0.433. The van der Waals surface area contributed by atoms with Crippen molar-refractivity contribution in [1.82, 2.24) is 20.4 Å². The van der Waals surface area contributed by atoms with Crippen LogP contribution in [-0.2, 0) is 6.54 Å². The average molecular weight is 478 g/mol. The second-order valence-corrected chi connectivity index (χ2v) is 9.48. The van der Waals surface area contributed by atoms with Gasteiger partial charge in [-0.25, -0.2) is 14.4 Å². The zero-order chi connectivity index (χ0) is 24.2. The molecular formula is C24H24FN7OS. The Morgan fingerprint density at radius 1 is 1.12 bits per heavy atom. The fourth-order valence-electron chi connectivity index (χ4n) is 3.26. The number of nitrogen functional groups attached to an aromatic ring is 1. The summed E-state index contributed by atoms with van der Waals surface area (Å²) in [5.41, 5.74) is 14.6. The molecular weight excluding hydrogens is 453 g/mol. The van der Waals surface area contributed by atoms with Crippen LogP contribution < -0.4 is 16.8 Å². The van der Waals surface area contributed by atoms with Gasteiger partial charge in [0.25, 0.3) is 0 Å². The number of nitrogens with zero attached hydrogens (tertiary/aromatic N) is 3. The molecule has 0 atom stereocenters. The summed E-state index contributed by atoms with van der Waals surface area (Å²) in [6.45, 7) is 4.41. The highest BCUT2D eigenvalue weighted by molar-refractivity contribution is 7.99. The second kappa shape index (κ2) is 9.92. The quantitative estimate of drug-likeness (QED) is 0.171. The van der Waals surface area contributed by atoms with Gasteiger partial charge < -0.3 is 21.3 Å². The molecule has 10 heteroatoms. The molecule has 0 aliphatic heterocycles. The minimum atomic E-state index is -0.448. The molecule has 0 radical (unpaired) electrons. The summed E-state index contributed by atoms with van der Waals surface area (Å²) in [7, 11) is 0.